The molecule has 0 radical (unpaired) electrons. The van der Waals surface area contributed by atoms with Crippen molar-refractivity contribution in [3.8, 4) is 11.1 Å². The van der Waals surface area contributed by atoms with Gasteiger partial charge in [0.2, 0.25) is 5.91 Å². The van der Waals surface area contributed by atoms with Crippen molar-refractivity contribution in [2.75, 3.05) is 6.54 Å². The summed E-state index contributed by atoms with van der Waals surface area (Å²) in [4.78, 5) is 11.3. The van der Waals surface area contributed by atoms with Gasteiger partial charge in [0.25, 0.3) is 0 Å². The highest BCUT2D eigenvalue weighted by molar-refractivity contribution is 5.94. The second kappa shape index (κ2) is 8.41. The summed E-state index contributed by atoms with van der Waals surface area (Å²) in [6.07, 6.45) is 0.906. The van der Waals surface area contributed by atoms with Crippen molar-refractivity contribution < 1.29 is 9.18 Å². The predicted octanol–water partition coefficient (Wildman–Crippen LogP) is 3.92. The molecule has 0 saturated heterocycles. The van der Waals surface area contributed by atoms with E-state index in [1.54, 1.807) is 18.2 Å². The maximum atomic E-state index is 12.9. The lowest BCUT2D eigenvalue weighted by Gasteiger charge is -2.07. The molecule has 3 aromatic rings. The summed E-state index contributed by atoms with van der Waals surface area (Å²) in [7, 11) is 0. The first-order valence-electron chi connectivity index (χ1n) is 8.56. The Kier molecular flexibility index (Phi) is 5.77. The van der Waals surface area contributed by atoms with Crippen LogP contribution in [0, 0.1) is 5.82 Å². The third-order valence-electron chi connectivity index (χ3n) is 4.27. The Labute approximate surface area is 152 Å². The minimum Gasteiger partial charge on any atom is -0.366 e. The van der Waals surface area contributed by atoms with Crippen LogP contribution in [0.4, 0.5) is 4.39 Å². The van der Waals surface area contributed by atoms with Gasteiger partial charge in [-0.3, -0.25) is 4.79 Å². The SMILES string of the molecule is NC(=O)c1cccc(-c2ccc(CCNCc3ccc(F)cc3)cc2)c1. The number of hydrogen-bond donors (Lipinski definition) is 2. The van der Waals surface area contributed by atoms with Crippen LogP contribution in [-0.2, 0) is 13.0 Å². The summed E-state index contributed by atoms with van der Waals surface area (Å²) in [5.74, 6) is -0.633. The first-order chi connectivity index (χ1) is 12.6. The number of carbonyl (C=O) groups is 1. The Morgan fingerprint density at radius 3 is 2.27 bits per heavy atom. The van der Waals surface area contributed by atoms with Gasteiger partial charge in [-0.15, -0.1) is 0 Å². The lowest BCUT2D eigenvalue weighted by atomic mass is 10.0. The summed E-state index contributed by atoms with van der Waals surface area (Å²) in [5.41, 5.74) is 10.2. The van der Waals surface area contributed by atoms with E-state index in [4.69, 9.17) is 5.73 Å². The molecular formula is C22H21FN2O. The molecule has 26 heavy (non-hydrogen) atoms. The van der Waals surface area contributed by atoms with Crippen LogP contribution in [-0.4, -0.2) is 12.5 Å². The number of amides is 1. The number of primary amides is 1. The highest BCUT2D eigenvalue weighted by Crippen LogP contribution is 2.21. The second-order valence-electron chi connectivity index (χ2n) is 6.20. The van der Waals surface area contributed by atoms with Gasteiger partial charge in [0.05, 0.1) is 0 Å². The van der Waals surface area contributed by atoms with Gasteiger partial charge >= 0.3 is 0 Å². The lowest BCUT2D eigenvalue weighted by molar-refractivity contribution is 0.100. The molecule has 0 atom stereocenters. The quantitative estimate of drug-likeness (QED) is 0.636. The van der Waals surface area contributed by atoms with Gasteiger partial charge in [0, 0.05) is 12.1 Å². The number of benzene rings is 3. The minimum absolute atomic E-state index is 0.213. The Morgan fingerprint density at radius 2 is 1.58 bits per heavy atom. The molecule has 0 aromatic heterocycles. The molecule has 132 valence electrons. The third-order valence-corrected chi connectivity index (χ3v) is 4.27. The summed E-state index contributed by atoms with van der Waals surface area (Å²) in [6, 6.07) is 22.1. The molecule has 0 aliphatic heterocycles. The topological polar surface area (TPSA) is 55.1 Å². The van der Waals surface area contributed by atoms with Gasteiger partial charge in [0.1, 0.15) is 5.82 Å². The average Bonchev–Trinajstić information content (AvgIpc) is 2.67. The minimum atomic E-state index is -0.421. The van der Waals surface area contributed by atoms with Crippen LogP contribution in [0.3, 0.4) is 0 Å². The van der Waals surface area contributed by atoms with E-state index in [9.17, 15) is 9.18 Å². The fourth-order valence-electron chi connectivity index (χ4n) is 2.78. The van der Waals surface area contributed by atoms with Crippen LogP contribution in [0.5, 0.6) is 0 Å². The maximum absolute atomic E-state index is 12.9. The normalized spacial score (nSPS) is 10.7. The fourth-order valence-corrected chi connectivity index (χ4v) is 2.78. The molecule has 0 fully saturated rings. The molecule has 3 nitrogen and oxygen atoms in total. The van der Waals surface area contributed by atoms with Gasteiger partial charge in [-0.2, -0.15) is 0 Å². The van der Waals surface area contributed by atoms with E-state index in [0.29, 0.717) is 5.56 Å². The number of nitrogens with one attached hydrogen (secondary N) is 1. The Balaban J connectivity index is 1.53. The van der Waals surface area contributed by atoms with Crippen molar-refractivity contribution in [2.24, 2.45) is 5.73 Å². The van der Waals surface area contributed by atoms with Crippen LogP contribution in [0.2, 0.25) is 0 Å². The van der Waals surface area contributed by atoms with Gasteiger partial charge in [-0.25, -0.2) is 4.39 Å². The molecule has 0 aliphatic rings. The number of halogens is 1. The monoisotopic (exact) mass is 348 g/mol. The molecule has 4 heteroatoms. The van der Waals surface area contributed by atoms with E-state index in [-0.39, 0.29) is 5.82 Å². The van der Waals surface area contributed by atoms with E-state index in [0.717, 1.165) is 36.2 Å². The van der Waals surface area contributed by atoms with E-state index in [2.05, 4.69) is 29.6 Å². The lowest BCUT2D eigenvalue weighted by Crippen LogP contribution is -2.16. The maximum Gasteiger partial charge on any atom is 0.248 e. The van der Waals surface area contributed by atoms with E-state index in [1.807, 2.05) is 18.2 Å². The zero-order chi connectivity index (χ0) is 18.4. The van der Waals surface area contributed by atoms with Crippen LogP contribution in [0.25, 0.3) is 11.1 Å². The highest BCUT2D eigenvalue weighted by atomic mass is 19.1. The van der Waals surface area contributed by atoms with Crippen molar-refractivity contribution >= 4 is 5.91 Å². The zero-order valence-electron chi connectivity index (χ0n) is 14.4. The molecule has 0 spiro atoms. The molecule has 1 amide bonds. The van der Waals surface area contributed by atoms with Gasteiger partial charge in [0.15, 0.2) is 0 Å². The van der Waals surface area contributed by atoms with E-state index in [1.165, 1.54) is 17.7 Å². The summed E-state index contributed by atoms with van der Waals surface area (Å²) >= 11 is 0. The van der Waals surface area contributed by atoms with Crippen molar-refractivity contribution in [2.45, 2.75) is 13.0 Å². The van der Waals surface area contributed by atoms with Crippen LogP contribution >= 0.6 is 0 Å². The van der Waals surface area contributed by atoms with E-state index >= 15 is 0 Å². The largest absolute Gasteiger partial charge is 0.366 e. The molecule has 0 saturated carbocycles. The first kappa shape index (κ1) is 17.8. The molecule has 0 unspecified atom stereocenters. The summed E-state index contributed by atoms with van der Waals surface area (Å²) in [6.45, 7) is 1.56. The number of nitrogens with two attached hydrogens (primary N) is 1. The van der Waals surface area contributed by atoms with Crippen molar-refractivity contribution in [3.63, 3.8) is 0 Å². The van der Waals surface area contributed by atoms with E-state index < -0.39 is 5.91 Å². The van der Waals surface area contributed by atoms with Gasteiger partial charge < -0.3 is 11.1 Å². The van der Waals surface area contributed by atoms with Gasteiger partial charge in [-0.05, 0) is 59.5 Å². The standard InChI is InChI=1S/C22H21FN2O/c23-21-10-6-17(7-11-21)15-25-13-12-16-4-8-18(9-5-16)19-2-1-3-20(14-19)22(24)26/h1-11,14,25H,12-13,15H2,(H2,24,26). The van der Waals surface area contributed by atoms with Crippen molar-refractivity contribution in [1.82, 2.24) is 5.32 Å². The Morgan fingerprint density at radius 1 is 0.885 bits per heavy atom. The number of rotatable bonds is 7. The first-order valence-corrected chi connectivity index (χ1v) is 8.56. The average molecular weight is 348 g/mol. The fraction of sp³-hybridized carbons (Fsp3) is 0.136. The summed E-state index contributed by atoms with van der Waals surface area (Å²) in [5, 5.41) is 3.36. The second-order valence-corrected chi connectivity index (χ2v) is 6.20. The molecule has 3 rings (SSSR count). The summed E-state index contributed by atoms with van der Waals surface area (Å²) < 4.78 is 12.9. The van der Waals surface area contributed by atoms with Crippen molar-refractivity contribution in [1.29, 1.82) is 0 Å². The van der Waals surface area contributed by atoms with Crippen molar-refractivity contribution in [3.05, 3.63) is 95.3 Å². The number of hydrogen-bond acceptors (Lipinski definition) is 2. The Bertz CT molecular complexity index is 873. The third kappa shape index (κ3) is 4.77. The van der Waals surface area contributed by atoms with Crippen LogP contribution in [0.15, 0.2) is 72.8 Å². The zero-order valence-corrected chi connectivity index (χ0v) is 14.4. The Hall–Kier alpha value is -2.98. The molecule has 0 heterocycles. The molecule has 3 N–H and O–H groups in total. The van der Waals surface area contributed by atoms with Gasteiger partial charge in [-0.1, -0.05) is 48.5 Å². The smallest absolute Gasteiger partial charge is 0.248 e. The number of carbonyl (C=O) groups excluding carboxylic acids is 1. The molecular weight excluding hydrogens is 327 g/mol. The van der Waals surface area contributed by atoms with Crippen LogP contribution in [0.1, 0.15) is 21.5 Å². The van der Waals surface area contributed by atoms with Crippen LogP contribution < -0.4 is 11.1 Å². The predicted molar refractivity (Wildman–Crippen MR) is 102 cm³/mol. The molecule has 0 bridgehead atoms. The molecule has 0 aliphatic carbocycles. The molecule has 3 aromatic carbocycles. The highest BCUT2D eigenvalue weighted by Gasteiger charge is 2.03.